The summed E-state index contributed by atoms with van der Waals surface area (Å²) in [5.74, 6) is -1.70. The SMILES string of the molecule is C.CO.COC(=O)C(=O)c1c[nH]c2c(-n3cnc(C)n3)ncc(OC)c12.COc1cnc(-n2cnc(C)n2)c2[nH]cc(C(=O)C(=O)O)c12.[CH3-].[Na+].[OH-]. The third-order valence-corrected chi connectivity index (χ3v) is 6.45. The molecule has 0 radical (unpaired) electrons. The fraction of sp³-hybridized carbons (Fsp3) is 0.233. The Morgan fingerprint density at radius 3 is 1.43 bits per heavy atom. The number of H-pyrrole nitrogens is 2. The largest absolute Gasteiger partial charge is 1.00 e. The van der Waals surface area contributed by atoms with E-state index in [0.29, 0.717) is 56.6 Å². The number of carbonyl (C=O) groups excluding carboxylic acids is 3. The summed E-state index contributed by atoms with van der Waals surface area (Å²) < 4.78 is 17.8. The van der Waals surface area contributed by atoms with Crippen molar-refractivity contribution in [2.24, 2.45) is 0 Å². The number of carboxylic acids is 1. The van der Waals surface area contributed by atoms with Gasteiger partial charge < -0.3 is 47.3 Å². The van der Waals surface area contributed by atoms with E-state index >= 15 is 0 Å². The molecule has 0 aliphatic rings. The number of aryl methyl sites for hydroxylation is 2. The number of aliphatic hydroxyl groups excluding tert-OH is 1. The van der Waals surface area contributed by atoms with Crippen molar-refractivity contribution >= 4 is 45.3 Å². The Balaban J connectivity index is 0.000000870. The number of aliphatic hydroxyl groups is 1. The molecule has 0 spiro atoms. The van der Waals surface area contributed by atoms with Crippen LogP contribution in [0.5, 0.6) is 11.5 Å². The summed E-state index contributed by atoms with van der Waals surface area (Å²) in [7, 11) is 5.02. The van der Waals surface area contributed by atoms with Crippen molar-refractivity contribution in [3.8, 4) is 23.1 Å². The van der Waals surface area contributed by atoms with Crippen LogP contribution < -0.4 is 39.0 Å². The third-order valence-electron chi connectivity index (χ3n) is 6.45. The first-order chi connectivity index (χ1) is 22.6. The number of methoxy groups -OCH3 is 3. The number of carboxylic acid groups (broad SMARTS) is 1. The van der Waals surface area contributed by atoms with Crippen molar-refractivity contribution in [1.29, 1.82) is 0 Å². The summed E-state index contributed by atoms with van der Waals surface area (Å²) in [5, 5.41) is 25.0. The fourth-order valence-electron chi connectivity index (χ4n) is 4.44. The number of aromatic amines is 2. The number of Topliss-reactive ketones (excluding diaryl/α,β-unsaturated/α-hetero) is 2. The van der Waals surface area contributed by atoms with Crippen LogP contribution in [-0.4, -0.2) is 117 Å². The number of rotatable bonds is 8. The summed E-state index contributed by atoms with van der Waals surface area (Å²) in [4.78, 5) is 68.8. The van der Waals surface area contributed by atoms with Gasteiger partial charge in [0.05, 0.1) is 66.7 Å². The van der Waals surface area contributed by atoms with E-state index in [2.05, 4.69) is 44.8 Å². The van der Waals surface area contributed by atoms with Gasteiger partial charge in [-0.05, 0) is 13.8 Å². The van der Waals surface area contributed by atoms with Gasteiger partial charge in [0.2, 0.25) is 0 Å². The van der Waals surface area contributed by atoms with Crippen LogP contribution in [0, 0.1) is 21.3 Å². The molecule has 0 fully saturated rings. The number of pyridine rings is 2. The Bertz CT molecular complexity index is 2120. The Labute approximate surface area is 312 Å². The maximum Gasteiger partial charge on any atom is 1.00 e. The molecular weight excluding hydrogens is 683 g/mol. The number of nitrogens with one attached hydrogen (secondary N) is 2. The van der Waals surface area contributed by atoms with Gasteiger partial charge in [-0.25, -0.2) is 38.9 Å². The minimum atomic E-state index is -1.54. The molecule has 0 saturated carbocycles. The van der Waals surface area contributed by atoms with Crippen LogP contribution >= 0.6 is 0 Å². The molecule has 0 unspecified atom stereocenters. The van der Waals surface area contributed by atoms with Crippen LogP contribution in [0.2, 0.25) is 0 Å². The number of nitrogens with zero attached hydrogens (tertiary/aromatic N) is 8. The van der Waals surface area contributed by atoms with Crippen molar-refractivity contribution < 1.29 is 78.6 Å². The molecule has 21 heteroatoms. The first-order valence-corrected chi connectivity index (χ1v) is 13.3. The standard InChI is InChI=1S/C14H13N5O4.C13H11N5O4.CH4O.CH4.CH3.Na.H2O/c1-7-17-6-19(18-7)13-11-10(9(22-2)5-16-13)8(4-15-11)12(20)14(21)23-3;1-6-16-5-18(17-6)12-10-9(8(22-2)4-15-12)7(3-14-10)11(19)13(20)21;1-2;;;;/h4-6,15H,1-3H3;3-5,14H,1-2H3,(H,20,21);2H,1H3;1H4;1H3;;1H2/q;;;;-1;+1;/p-1. The molecule has 268 valence electrons. The molecule has 51 heavy (non-hydrogen) atoms. The van der Waals surface area contributed by atoms with E-state index < -0.39 is 23.5 Å². The van der Waals surface area contributed by atoms with Gasteiger partial charge in [-0.3, -0.25) is 9.59 Å². The maximum atomic E-state index is 12.2. The van der Waals surface area contributed by atoms with Gasteiger partial charge in [0.25, 0.3) is 11.6 Å². The van der Waals surface area contributed by atoms with Gasteiger partial charge in [0.15, 0.2) is 11.6 Å². The van der Waals surface area contributed by atoms with Crippen molar-refractivity contribution in [2.75, 3.05) is 28.4 Å². The molecule has 5 N–H and O–H groups in total. The summed E-state index contributed by atoms with van der Waals surface area (Å²) in [5.41, 5.74) is 1.08. The molecule has 0 atom stereocenters. The van der Waals surface area contributed by atoms with Crippen molar-refractivity contribution in [1.82, 2.24) is 49.5 Å². The second-order valence-corrected chi connectivity index (χ2v) is 9.13. The molecule has 6 heterocycles. The second kappa shape index (κ2) is 19.6. The van der Waals surface area contributed by atoms with Gasteiger partial charge in [0, 0.05) is 19.5 Å². The summed E-state index contributed by atoms with van der Waals surface area (Å²) in [6.07, 6.45) is 8.58. The summed E-state index contributed by atoms with van der Waals surface area (Å²) >= 11 is 0. The third kappa shape index (κ3) is 8.98. The number of carbonyl (C=O) groups is 4. The van der Waals surface area contributed by atoms with E-state index in [4.69, 9.17) is 19.7 Å². The smallest absolute Gasteiger partial charge is 0.870 e. The zero-order valence-electron chi connectivity index (χ0n) is 28.2. The molecule has 6 aromatic heterocycles. The van der Waals surface area contributed by atoms with Crippen LogP contribution in [0.15, 0.2) is 37.4 Å². The number of fused-ring (bicyclic) bond motifs is 2. The van der Waals surface area contributed by atoms with Crippen LogP contribution in [0.25, 0.3) is 33.4 Å². The molecule has 20 nitrogen and oxygen atoms in total. The van der Waals surface area contributed by atoms with Crippen molar-refractivity contribution in [3.05, 3.63) is 67.6 Å². The molecule has 0 amide bonds. The monoisotopic (exact) mass is 719 g/mol. The van der Waals surface area contributed by atoms with Crippen molar-refractivity contribution in [3.63, 3.8) is 0 Å². The molecule has 0 aliphatic heterocycles. The zero-order valence-corrected chi connectivity index (χ0v) is 30.2. The average molecular weight is 720 g/mol. The number of aromatic nitrogens is 10. The van der Waals surface area contributed by atoms with E-state index in [1.807, 2.05) is 0 Å². The summed E-state index contributed by atoms with van der Waals surface area (Å²) in [6, 6.07) is 0. The van der Waals surface area contributed by atoms with E-state index in [1.54, 1.807) is 13.8 Å². The fourth-order valence-corrected chi connectivity index (χ4v) is 4.44. The van der Waals surface area contributed by atoms with E-state index in [0.717, 1.165) is 14.2 Å². The van der Waals surface area contributed by atoms with Gasteiger partial charge in [-0.15, -0.1) is 0 Å². The molecule has 0 saturated heterocycles. The molecule has 0 aliphatic carbocycles. The van der Waals surface area contributed by atoms with Gasteiger partial charge in [-0.2, -0.15) is 10.2 Å². The molecule has 6 aromatic rings. The van der Waals surface area contributed by atoms with E-state index in [1.165, 1.54) is 61.0 Å². The van der Waals surface area contributed by atoms with Crippen LogP contribution in [0.4, 0.5) is 0 Å². The topological polar surface area (TPSA) is 285 Å². The van der Waals surface area contributed by atoms with E-state index in [9.17, 15) is 19.2 Å². The molecule has 0 bridgehead atoms. The summed E-state index contributed by atoms with van der Waals surface area (Å²) in [6.45, 7) is 3.48. The maximum absolute atomic E-state index is 12.2. The Hall–Kier alpha value is -5.54. The Kier molecular flexibility index (Phi) is 17.5. The number of aliphatic carboxylic acids is 1. The van der Waals surface area contributed by atoms with Crippen molar-refractivity contribution in [2.45, 2.75) is 21.3 Å². The Morgan fingerprint density at radius 1 is 0.725 bits per heavy atom. The minimum absolute atomic E-state index is 0. The second-order valence-electron chi connectivity index (χ2n) is 9.13. The number of ketones is 2. The Morgan fingerprint density at radius 2 is 1.12 bits per heavy atom. The number of ether oxygens (including phenoxy) is 3. The van der Waals surface area contributed by atoms with Crippen LogP contribution in [0.3, 0.4) is 0 Å². The minimum Gasteiger partial charge on any atom is -0.870 e. The van der Waals surface area contributed by atoms with Gasteiger partial charge in [-0.1, -0.05) is 7.43 Å². The number of hydrogen-bond donors (Lipinski definition) is 4. The average Bonchev–Trinajstić information content (AvgIpc) is 3.91. The van der Waals surface area contributed by atoms with Crippen LogP contribution in [-0.2, 0) is 14.3 Å². The zero-order chi connectivity index (χ0) is 34.4. The molecular formula is C30H36N10NaO10-. The predicted molar refractivity (Wildman–Crippen MR) is 176 cm³/mol. The quantitative estimate of drug-likeness (QED) is 0.0486. The molecule has 6 rings (SSSR count). The number of hydrogen-bond acceptors (Lipinski definition) is 15. The number of esters is 1. The van der Waals surface area contributed by atoms with Gasteiger partial charge >= 0.3 is 41.5 Å². The van der Waals surface area contributed by atoms with Crippen LogP contribution in [0.1, 0.15) is 39.8 Å². The van der Waals surface area contributed by atoms with Gasteiger partial charge in [0.1, 0.15) is 35.8 Å². The first-order valence-electron chi connectivity index (χ1n) is 13.3. The molecule has 0 aromatic carbocycles. The first kappa shape index (κ1) is 45.5. The normalized spacial score (nSPS) is 9.63. The van der Waals surface area contributed by atoms with E-state index in [-0.39, 0.29) is 61.0 Å². The predicted octanol–water partition coefficient (Wildman–Crippen LogP) is -0.934.